The van der Waals surface area contributed by atoms with E-state index in [1.54, 1.807) is 42.1 Å². The lowest BCUT2D eigenvalue weighted by atomic mass is 9.81. The fourth-order valence-electron chi connectivity index (χ4n) is 12.4. The van der Waals surface area contributed by atoms with Crippen LogP contribution in [0.1, 0.15) is 189 Å². The van der Waals surface area contributed by atoms with Crippen molar-refractivity contribution < 1.29 is 170 Å². The lowest BCUT2D eigenvalue weighted by Crippen LogP contribution is -2.64. The third kappa shape index (κ3) is 45.0. The number of carbonyl (C=O) groups is 4. The first-order valence-electron chi connectivity index (χ1n) is 37.9. The first kappa shape index (κ1) is 104. The van der Waals surface area contributed by atoms with Crippen molar-refractivity contribution in [3.05, 3.63) is 35.5 Å². The Labute approximate surface area is 778 Å². The van der Waals surface area contributed by atoms with Gasteiger partial charge in [0.15, 0.2) is 0 Å². The number of nitrogens with zero attached hydrogens (tertiary/aromatic N) is 1. The molecule has 0 spiro atoms. The number of aliphatic hydroxyl groups excluding tert-OH is 2. The van der Waals surface area contributed by atoms with E-state index in [0.717, 1.165) is 18.4 Å². The molecule has 2 saturated heterocycles. The molecular weight excluding hydrogens is 1590 g/mol. The lowest BCUT2D eigenvalue weighted by Gasteiger charge is -2.47. The zero-order valence-electron chi connectivity index (χ0n) is 69.2. The van der Waals surface area contributed by atoms with Crippen LogP contribution in [-0.4, -0.2) is 137 Å². The van der Waals surface area contributed by atoms with Gasteiger partial charge in [-0.05, 0) is 262 Å². The zero-order valence-corrected chi connectivity index (χ0v) is 69.2. The zero-order chi connectivity index (χ0) is 90.3. The maximum atomic E-state index is 14.5. The molecule has 5 aliphatic rings. The Morgan fingerprint density at radius 1 is 0.532 bits per heavy atom. The smallest absolute Gasteiger partial charge is 0.329 e. The largest absolute Gasteiger partial charge is 0.456 e. The number of hydrogen-bond donors (Lipinski definition) is 6. The number of Topliss-reactive ketones (excluding diaryl/α,β-unsaturated/α-hetero) is 2. The molecule has 0 aromatic heterocycles. The molecule has 1 amide bonds. The molecule has 702 valence electrons. The normalized spacial score (nSPS) is 22.9. The Bertz CT molecular complexity index is 5580. The Morgan fingerprint density at radius 2 is 0.952 bits per heavy atom. The minimum atomic E-state index is -2.51. The maximum Gasteiger partial charge on any atom is 0.329 e. The third-order valence-corrected chi connectivity index (χ3v) is 17.9. The number of carbonyl (C=O) groups excluding carboxylic acids is 4. The number of ketones is 2. The SMILES string of the molecule is C#CC#CC#CC#CC#CC#CC#CC#CC#CC#CC#CC#CC#CC#CC#CC#CC#CC#CC#CC#CC#CC#CC#CC#CC.CO[C@H]1C[C@@H](C)C/C(C)=C/[C@@H](C/C=C/C2CCCC2)C(=O)C[C@H](O)[C@@H](C)[C@@H](/C(C)=C/[C@@H]2CC[C@@H](O)[C@H](OC)C2)OC(=O)[C@@H]2CCCCN2C(=O)C(=O)[C@]2(O)O[C@H]1[C@@H](OC)C[C@H]2C.OOOOOONOOOOOO.[HH].[HH].[HH].[HH].[HH].[HH].[HH].[HH].[HH].[HH].[HH].[HH].[HH].[HH].[HH].[HH].[HH].[HH].[HH].[HH].[HH].[HH].[HH].[HH].[HH].[HH].[HH].[HH].[HH].[HH].[HH].[HH].[HH].[HH].[HH].[HH]. The Balaban J connectivity index is -0.0000000468. The van der Waals surface area contributed by atoms with E-state index in [-0.39, 0.29) is 101 Å². The highest BCUT2D eigenvalue weighted by atomic mass is 17.9. The lowest BCUT2D eigenvalue weighted by molar-refractivity contribution is -0.792. The van der Waals surface area contributed by atoms with Gasteiger partial charge in [0, 0.05) is 281 Å². The molecule has 0 aromatic carbocycles. The van der Waals surface area contributed by atoms with Crippen LogP contribution in [0.25, 0.3) is 0 Å². The van der Waals surface area contributed by atoms with Gasteiger partial charge in [0.05, 0.1) is 30.5 Å². The summed E-state index contributed by atoms with van der Waals surface area (Å²) in [5.74, 6) is 110. The number of hydrogen-bond acceptors (Lipinski definition) is 25. The second-order valence-electron chi connectivity index (χ2n) is 26.3. The number of nitrogens with one attached hydrogen (secondary N) is 1. The van der Waals surface area contributed by atoms with Crippen molar-refractivity contribution in [3.8, 4) is 285 Å². The van der Waals surface area contributed by atoms with Crippen LogP contribution in [0.5, 0.6) is 0 Å². The highest BCUT2D eigenvalue weighted by Gasteiger charge is 2.57. The molecule has 3 aliphatic heterocycles. The quantitative estimate of drug-likeness (QED) is 0.0141. The van der Waals surface area contributed by atoms with Crippen LogP contribution in [-0.2, 0) is 93.1 Å². The predicted octanol–water partition coefficient (Wildman–Crippen LogP) is 14.6. The summed E-state index contributed by atoms with van der Waals surface area (Å²) in [5.41, 5.74) is 3.04. The molecule has 5 rings (SSSR count). The topological polar surface area (TPSA) is 323 Å². The maximum absolute atomic E-state index is 14.5. The van der Waals surface area contributed by atoms with Gasteiger partial charge in [-0.25, -0.2) is 15.3 Å². The van der Waals surface area contributed by atoms with Crippen LogP contribution in [0.4, 0.5) is 0 Å². The van der Waals surface area contributed by atoms with Crippen LogP contribution in [0.15, 0.2) is 35.5 Å². The van der Waals surface area contributed by atoms with Gasteiger partial charge in [-0.2, -0.15) is 0 Å². The molecule has 0 radical (unpaired) electrons. The Kier molecular flexibility index (Phi) is 56.3. The molecule has 0 aromatic rings. The standard InChI is InChI=1S/C49H77NO12.C49H4.H3NO12.36H2/c1-29-22-30(2)24-42(59-7)45-43(60-8)26-32(4)49(57,62-45)46(54)47(55)50-21-12-11-18-37(50)48(56)61-44(31(3)25-35-19-20-38(51)41(27-35)58-6)33(5)39(52)28-40(53)36(23-29)17-13-16-34-14-9-10-15-34;1-3-5-7-9-11-13-15-17-19-21-23-25-27-29-31-33-35-37-39-41-43-45-47-49-48-46-44-42-40-38-36-34-32-30-28-26-24-22-20-18-16-14-12-10-8-6-4-2;2-6-10-12-8-4-1-5-9-13-11-7-3;;;;;;;;;;;;;;;;;;;;;;;;;;;;;;;;;;;;/h13,16,23,25,30,32-39,41-45,51-52,57H,9-12,14-15,17-22,24,26-28H2,1-8H3;1H,2H3;1-3H;36*1H/b16-13+,29-23+,31-25+;;;;;;;;;;;;;;;;;;;;;;;;;;;;;;;;;;;;;;/t30-,32+,33+,35-,36+,37-,38+,39-,41+,42-,43-,44+,45+,49+;;;;;;;;;;;;;;;;;;;;;;;;;;;;;;;;;;;;;;/m0....................................../s1. The summed E-state index contributed by atoms with van der Waals surface area (Å²) in [5, 5.41) is 75.4. The van der Waals surface area contributed by atoms with Crippen molar-refractivity contribution in [1.29, 1.82) is 0 Å². The first-order chi connectivity index (χ1) is 60.3. The number of cyclic esters (lactones) is 1. The summed E-state index contributed by atoms with van der Waals surface area (Å²) in [6.45, 7) is 11.1. The minimum absolute atomic E-state index is 0. The molecule has 2 saturated carbocycles. The summed E-state index contributed by atoms with van der Waals surface area (Å²) >= 11 is 0. The molecule has 3 heterocycles. The van der Waals surface area contributed by atoms with E-state index in [1.807, 2.05) is 26.0 Å². The van der Waals surface area contributed by atoms with E-state index in [4.69, 9.17) is 40.6 Å². The number of esters is 1. The highest BCUT2D eigenvalue weighted by Crippen LogP contribution is 2.40. The van der Waals surface area contributed by atoms with Gasteiger partial charge in [0.1, 0.15) is 24.0 Å². The number of rotatable bonds is 18. The number of ether oxygens (including phenoxy) is 5. The molecule has 2 aliphatic carbocycles. The summed E-state index contributed by atoms with van der Waals surface area (Å²) in [7, 11) is 4.66. The molecule has 14 atom stereocenters. The van der Waals surface area contributed by atoms with E-state index in [9.17, 15) is 34.5 Å². The minimum Gasteiger partial charge on any atom is -0.456 e. The second-order valence-corrected chi connectivity index (χ2v) is 26.3. The van der Waals surface area contributed by atoms with Gasteiger partial charge in [-0.1, -0.05) is 79.4 Å². The average molecular weight is 1750 g/mol. The van der Waals surface area contributed by atoms with Crippen molar-refractivity contribution in [2.75, 3.05) is 27.9 Å². The van der Waals surface area contributed by atoms with Crippen molar-refractivity contribution in [2.45, 2.75) is 192 Å². The van der Waals surface area contributed by atoms with E-state index in [0.29, 0.717) is 62.9 Å². The summed E-state index contributed by atoms with van der Waals surface area (Å²) in [6, 6.07) is -1.14. The van der Waals surface area contributed by atoms with E-state index < -0.39 is 83.9 Å². The number of methoxy groups -OCH3 is 3. The van der Waals surface area contributed by atoms with E-state index in [1.165, 1.54) is 23.4 Å². The van der Waals surface area contributed by atoms with Gasteiger partial charge in [0.2, 0.25) is 5.79 Å². The number of aliphatic hydroxyl groups is 3. The molecular formula is C98H156N2O24. The molecule has 26 heteroatoms. The second kappa shape index (κ2) is 66.9. The summed E-state index contributed by atoms with van der Waals surface area (Å²) in [4.78, 5) is 65.9. The predicted molar refractivity (Wildman–Crippen MR) is 522 cm³/mol. The summed E-state index contributed by atoms with van der Waals surface area (Å²) in [6.07, 6.45) is 17.6. The fourth-order valence-corrected chi connectivity index (χ4v) is 12.4. The van der Waals surface area contributed by atoms with Crippen LogP contribution in [0, 0.1) is 320 Å². The fraction of sp³-hybridized carbons (Fsp3) is 0.408. The van der Waals surface area contributed by atoms with Crippen molar-refractivity contribution in [2.24, 2.45) is 35.5 Å². The summed E-state index contributed by atoms with van der Waals surface area (Å²) < 4.78 is 30.0. The number of amides is 1. The highest BCUT2D eigenvalue weighted by molar-refractivity contribution is 6.39. The van der Waals surface area contributed by atoms with Crippen molar-refractivity contribution in [3.63, 3.8) is 0 Å². The van der Waals surface area contributed by atoms with Gasteiger partial charge < -0.3 is 43.9 Å². The van der Waals surface area contributed by atoms with Gasteiger partial charge in [-0.3, -0.25) is 14.4 Å². The number of piperidine rings is 1. The van der Waals surface area contributed by atoms with Crippen LogP contribution in [0.3, 0.4) is 0 Å². The molecule has 0 unspecified atom stereocenters. The molecule has 2 bridgehead atoms. The molecule has 6 N–H and O–H groups in total. The van der Waals surface area contributed by atoms with Crippen LogP contribution in [0.2, 0.25) is 0 Å². The molecule has 124 heavy (non-hydrogen) atoms. The van der Waals surface area contributed by atoms with Gasteiger partial charge >= 0.3 is 5.97 Å². The first-order valence-corrected chi connectivity index (χ1v) is 37.9. The average Bonchev–Trinajstić information content (AvgIpc) is 0.802. The Morgan fingerprint density at radius 3 is 1.37 bits per heavy atom. The third-order valence-electron chi connectivity index (χ3n) is 17.9. The number of allylic oxidation sites excluding steroid dienone is 5. The molecule has 4 fully saturated rings. The number of terminal acetylenes is 1. The van der Waals surface area contributed by atoms with Gasteiger partial charge in [-0.15, -0.1) is 6.42 Å². The van der Waals surface area contributed by atoms with Gasteiger partial charge in [0.25, 0.3) is 11.7 Å². The Hall–Kier alpha value is -13.9. The number of fused-ring (bicyclic) bond motifs is 3. The monoisotopic (exact) mass is 1750 g/mol. The van der Waals surface area contributed by atoms with Crippen molar-refractivity contribution in [1.82, 2.24) is 10.5 Å². The van der Waals surface area contributed by atoms with Crippen LogP contribution < -0.4 is 5.64 Å². The van der Waals surface area contributed by atoms with E-state index >= 15 is 0 Å². The van der Waals surface area contributed by atoms with Crippen molar-refractivity contribution >= 4 is 23.4 Å². The molecule has 26 nitrogen and oxygen atoms in total. The van der Waals surface area contributed by atoms with E-state index in [2.05, 4.69) is 348 Å². The van der Waals surface area contributed by atoms with Crippen LogP contribution >= 0.6 is 0 Å².